The van der Waals surface area contributed by atoms with Crippen LogP contribution in [0.2, 0.25) is 0 Å². The van der Waals surface area contributed by atoms with Crippen LogP contribution >= 0.6 is 0 Å². The second-order valence-corrected chi connectivity index (χ2v) is 8.18. The van der Waals surface area contributed by atoms with Crippen molar-refractivity contribution in [1.82, 2.24) is 0 Å². The first kappa shape index (κ1) is 13.3. The van der Waals surface area contributed by atoms with Crippen molar-refractivity contribution < 1.29 is 13.5 Å². The Labute approximate surface area is 105 Å². The molecule has 0 radical (unpaired) electrons. The molecular formula is C13H24O3S. The van der Waals surface area contributed by atoms with E-state index in [0.717, 1.165) is 51.4 Å². The van der Waals surface area contributed by atoms with Crippen LogP contribution in [0.5, 0.6) is 0 Å². The molecule has 0 aromatic carbocycles. The van der Waals surface area contributed by atoms with Gasteiger partial charge < -0.3 is 5.11 Å². The third kappa shape index (κ3) is 3.95. The molecule has 0 bridgehead atoms. The zero-order chi connectivity index (χ0) is 12.4. The van der Waals surface area contributed by atoms with E-state index in [0.29, 0.717) is 17.4 Å². The van der Waals surface area contributed by atoms with E-state index in [1.54, 1.807) is 0 Å². The van der Waals surface area contributed by atoms with Crippen molar-refractivity contribution in [3.05, 3.63) is 0 Å². The van der Waals surface area contributed by atoms with Gasteiger partial charge in [-0.15, -0.1) is 0 Å². The fraction of sp³-hybridized carbons (Fsp3) is 1.00. The molecule has 1 aliphatic carbocycles. The van der Waals surface area contributed by atoms with Crippen molar-refractivity contribution in [2.45, 2.75) is 63.4 Å². The minimum atomic E-state index is -2.79. The van der Waals surface area contributed by atoms with Crippen LogP contribution in [0.4, 0.5) is 0 Å². The highest BCUT2D eigenvalue weighted by Crippen LogP contribution is 2.34. The topological polar surface area (TPSA) is 54.4 Å². The van der Waals surface area contributed by atoms with E-state index < -0.39 is 15.4 Å². The minimum absolute atomic E-state index is 0.291. The molecule has 3 nitrogen and oxygen atoms in total. The molecule has 0 aromatic heterocycles. The number of sulfone groups is 1. The lowest BCUT2D eigenvalue weighted by Crippen LogP contribution is -2.33. The standard InChI is InChI=1S/C13H24O3S/c14-13(7-2-1-3-8-13)9-6-12-5-4-10-17(15,16)11-12/h12,14H,1-11H2. The summed E-state index contributed by atoms with van der Waals surface area (Å²) in [6, 6.07) is 0. The largest absolute Gasteiger partial charge is 0.390 e. The lowest BCUT2D eigenvalue weighted by Gasteiger charge is -2.34. The van der Waals surface area contributed by atoms with Crippen LogP contribution in [0.1, 0.15) is 57.8 Å². The SMILES string of the molecule is O=S1(=O)CCCC(CCC2(O)CCCCC2)C1. The van der Waals surface area contributed by atoms with Gasteiger partial charge in [0.15, 0.2) is 9.84 Å². The van der Waals surface area contributed by atoms with Crippen molar-refractivity contribution in [3.63, 3.8) is 0 Å². The van der Waals surface area contributed by atoms with Crippen molar-refractivity contribution in [3.8, 4) is 0 Å². The predicted molar refractivity (Wildman–Crippen MR) is 68.6 cm³/mol. The van der Waals surface area contributed by atoms with E-state index in [4.69, 9.17) is 0 Å². The van der Waals surface area contributed by atoms with E-state index in [9.17, 15) is 13.5 Å². The molecule has 0 aromatic rings. The fourth-order valence-corrected chi connectivity index (χ4v) is 5.10. The molecule has 0 spiro atoms. The lowest BCUT2D eigenvalue weighted by molar-refractivity contribution is -0.00867. The molecule has 2 aliphatic rings. The second kappa shape index (κ2) is 5.27. The van der Waals surface area contributed by atoms with Crippen LogP contribution in [0, 0.1) is 5.92 Å². The molecule has 1 unspecified atom stereocenters. The molecule has 100 valence electrons. The summed E-state index contributed by atoms with van der Waals surface area (Å²) in [6.07, 6.45) is 8.82. The van der Waals surface area contributed by atoms with E-state index in [1.165, 1.54) is 6.42 Å². The van der Waals surface area contributed by atoms with Gasteiger partial charge in [0.25, 0.3) is 0 Å². The van der Waals surface area contributed by atoms with Gasteiger partial charge in [0, 0.05) is 0 Å². The molecule has 17 heavy (non-hydrogen) atoms. The summed E-state index contributed by atoms with van der Waals surface area (Å²) in [5, 5.41) is 10.4. The van der Waals surface area contributed by atoms with E-state index in [1.807, 2.05) is 0 Å². The number of hydrogen-bond donors (Lipinski definition) is 1. The smallest absolute Gasteiger partial charge is 0.150 e. The summed E-state index contributed by atoms with van der Waals surface area (Å²) in [4.78, 5) is 0. The third-order valence-corrected chi connectivity index (χ3v) is 6.25. The third-order valence-electron chi connectivity index (χ3n) is 4.36. The Hall–Kier alpha value is -0.0900. The molecule has 1 saturated heterocycles. The lowest BCUT2D eigenvalue weighted by atomic mass is 9.80. The maximum absolute atomic E-state index is 11.5. The average molecular weight is 260 g/mol. The summed E-state index contributed by atoms with van der Waals surface area (Å²) in [5.41, 5.74) is -0.487. The summed E-state index contributed by atoms with van der Waals surface area (Å²) < 4.78 is 23.1. The number of rotatable bonds is 3. The minimum Gasteiger partial charge on any atom is -0.390 e. The Kier molecular flexibility index (Phi) is 4.14. The fourth-order valence-electron chi connectivity index (χ4n) is 3.28. The first-order valence-electron chi connectivity index (χ1n) is 6.92. The van der Waals surface area contributed by atoms with Crippen molar-refractivity contribution in [2.24, 2.45) is 5.92 Å². The van der Waals surface area contributed by atoms with Gasteiger partial charge in [0.05, 0.1) is 17.1 Å². The van der Waals surface area contributed by atoms with Crippen LogP contribution < -0.4 is 0 Å². The monoisotopic (exact) mass is 260 g/mol. The quantitative estimate of drug-likeness (QED) is 0.847. The Bertz CT molecular complexity index is 342. The van der Waals surface area contributed by atoms with Gasteiger partial charge in [-0.3, -0.25) is 0 Å². The summed E-state index contributed by atoms with van der Waals surface area (Å²) >= 11 is 0. The van der Waals surface area contributed by atoms with Gasteiger partial charge >= 0.3 is 0 Å². The highest BCUT2D eigenvalue weighted by Gasteiger charge is 2.31. The normalized spacial score (nSPS) is 32.2. The Balaban J connectivity index is 1.81. The molecule has 1 atom stereocenters. The Morgan fingerprint density at radius 2 is 1.82 bits per heavy atom. The number of aliphatic hydroxyl groups is 1. The van der Waals surface area contributed by atoms with Gasteiger partial charge in [-0.25, -0.2) is 8.42 Å². The average Bonchev–Trinajstić information content (AvgIpc) is 2.26. The van der Waals surface area contributed by atoms with E-state index >= 15 is 0 Å². The van der Waals surface area contributed by atoms with Crippen LogP contribution in [0.25, 0.3) is 0 Å². The molecule has 1 aliphatic heterocycles. The van der Waals surface area contributed by atoms with Gasteiger partial charge in [0.1, 0.15) is 0 Å². The van der Waals surface area contributed by atoms with Gasteiger partial charge in [0.2, 0.25) is 0 Å². The van der Waals surface area contributed by atoms with Crippen molar-refractivity contribution in [1.29, 1.82) is 0 Å². The molecular weight excluding hydrogens is 236 g/mol. The van der Waals surface area contributed by atoms with Crippen LogP contribution in [-0.2, 0) is 9.84 Å². The molecule has 1 saturated carbocycles. The van der Waals surface area contributed by atoms with E-state index in [2.05, 4.69) is 0 Å². The molecule has 2 rings (SSSR count). The zero-order valence-electron chi connectivity index (χ0n) is 10.5. The molecule has 1 heterocycles. The van der Waals surface area contributed by atoms with E-state index in [-0.39, 0.29) is 0 Å². The Morgan fingerprint density at radius 1 is 1.12 bits per heavy atom. The van der Waals surface area contributed by atoms with Crippen LogP contribution in [0.15, 0.2) is 0 Å². The molecule has 4 heteroatoms. The first-order valence-corrected chi connectivity index (χ1v) is 8.74. The zero-order valence-corrected chi connectivity index (χ0v) is 11.3. The highest BCUT2D eigenvalue weighted by atomic mass is 32.2. The van der Waals surface area contributed by atoms with Crippen molar-refractivity contribution >= 4 is 9.84 Å². The predicted octanol–water partition coefficient (Wildman–Crippen LogP) is 2.29. The van der Waals surface area contributed by atoms with Crippen molar-refractivity contribution in [2.75, 3.05) is 11.5 Å². The van der Waals surface area contributed by atoms with Gasteiger partial charge in [-0.05, 0) is 44.4 Å². The number of hydrogen-bond acceptors (Lipinski definition) is 3. The van der Waals surface area contributed by atoms with Gasteiger partial charge in [-0.1, -0.05) is 19.3 Å². The second-order valence-electron chi connectivity index (χ2n) is 5.95. The van der Waals surface area contributed by atoms with Crippen LogP contribution in [-0.4, -0.2) is 30.6 Å². The van der Waals surface area contributed by atoms with Gasteiger partial charge in [-0.2, -0.15) is 0 Å². The molecule has 2 fully saturated rings. The molecule has 0 amide bonds. The summed E-state index contributed by atoms with van der Waals surface area (Å²) in [5.74, 6) is 1.01. The summed E-state index contributed by atoms with van der Waals surface area (Å²) in [6.45, 7) is 0. The van der Waals surface area contributed by atoms with Crippen LogP contribution in [0.3, 0.4) is 0 Å². The highest BCUT2D eigenvalue weighted by molar-refractivity contribution is 7.91. The molecule has 1 N–H and O–H groups in total. The Morgan fingerprint density at radius 3 is 2.47 bits per heavy atom. The first-order chi connectivity index (χ1) is 7.99. The summed E-state index contributed by atoms with van der Waals surface area (Å²) in [7, 11) is -2.79. The maximum Gasteiger partial charge on any atom is 0.150 e. The maximum atomic E-state index is 11.5.